The van der Waals surface area contributed by atoms with Crippen LogP contribution in [-0.4, -0.2) is 48.5 Å². The van der Waals surface area contributed by atoms with Crippen molar-refractivity contribution < 1.29 is 22.7 Å². The first kappa shape index (κ1) is 14.9. The van der Waals surface area contributed by atoms with Crippen LogP contribution in [0.1, 0.15) is 12.0 Å². The zero-order valence-corrected chi connectivity index (χ0v) is 11.6. The summed E-state index contributed by atoms with van der Waals surface area (Å²) < 4.78 is 36.2. The summed E-state index contributed by atoms with van der Waals surface area (Å²) >= 11 is 0. The van der Waals surface area contributed by atoms with E-state index in [4.69, 9.17) is 5.11 Å². The Kier molecular flexibility index (Phi) is 4.39. The molecule has 1 fully saturated rings. The topological polar surface area (TPSA) is 74.7 Å². The minimum Gasteiger partial charge on any atom is -0.480 e. The molecule has 0 saturated carbocycles. The molecule has 1 unspecified atom stereocenters. The van der Waals surface area contributed by atoms with Crippen molar-refractivity contribution in [3.8, 4) is 0 Å². The van der Waals surface area contributed by atoms with Gasteiger partial charge in [-0.3, -0.25) is 9.69 Å². The SMILES string of the molecule is O=C(O)CN(Cc1cccc(F)c1)C1CCS(=O)(=O)C1. The Balaban J connectivity index is 2.14. The molecule has 1 saturated heterocycles. The predicted octanol–water partition coefficient (Wildman–Crippen LogP) is 0.899. The molecule has 0 bridgehead atoms. The molecule has 7 heteroatoms. The van der Waals surface area contributed by atoms with Gasteiger partial charge in [-0.15, -0.1) is 0 Å². The molecular weight excluding hydrogens is 285 g/mol. The van der Waals surface area contributed by atoms with E-state index in [0.29, 0.717) is 12.0 Å². The Bertz CT molecular complexity index is 602. The van der Waals surface area contributed by atoms with Gasteiger partial charge in [0.15, 0.2) is 9.84 Å². The van der Waals surface area contributed by atoms with E-state index in [1.54, 1.807) is 17.0 Å². The van der Waals surface area contributed by atoms with Gasteiger partial charge >= 0.3 is 5.97 Å². The summed E-state index contributed by atoms with van der Waals surface area (Å²) in [5.74, 6) is -1.37. The van der Waals surface area contributed by atoms with Gasteiger partial charge in [0.25, 0.3) is 0 Å². The van der Waals surface area contributed by atoms with Crippen molar-refractivity contribution in [2.45, 2.75) is 19.0 Å². The molecule has 0 spiro atoms. The van der Waals surface area contributed by atoms with Crippen LogP contribution in [0.3, 0.4) is 0 Å². The van der Waals surface area contributed by atoms with E-state index in [-0.39, 0.29) is 30.6 Å². The van der Waals surface area contributed by atoms with Gasteiger partial charge in [-0.2, -0.15) is 0 Å². The Hall–Kier alpha value is -1.47. The zero-order chi connectivity index (χ0) is 14.8. The van der Waals surface area contributed by atoms with Crippen molar-refractivity contribution in [1.29, 1.82) is 0 Å². The van der Waals surface area contributed by atoms with Gasteiger partial charge in [0.1, 0.15) is 5.82 Å². The van der Waals surface area contributed by atoms with Crippen LogP contribution in [0.5, 0.6) is 0 Å². The average Bonchev–Trinajstić information content (AvgIpc) is 2.68. The predicted molar refractivity (Wildman–Crippen MR) is 71.5 cm³/mol. The van der Waals surface area contributed by atoms with E-state index < -0.39 is 21.6 Å². The number of carboxylic acid groups (broad SMARTS) is 1. The summed E-state index contributed by atoms with van der Waals surface area (Å²) in [6.07, 6.45) is 0.422. The fourth-order valence-corrected chi connectivity index (χ4v) is 4.18. The van der Waals surface area contributed by atoms with Crippen LogP contribution in [0.2, 0.25) is 0 Å². The van der Waals surface area contributed by atoms with Crippen LogP contribution in [0.15, 0.2) is 24.3 Å². The minimum atomic E-state index is -3.09. The molecule has 0 aromatic heterocycles. The van der Waals surface area contributed by atoms with E-state index in [1.807, 2.05) is 0 Å². The number of aliphatic carboxylic acids is 1. The third-order valence-electron chi connectivity index (χ3n) is 3.34. The Morgan fingerprint density at radius 3 is 2.75 bits per heavy atom. The molecule has 110 valence electrons. The van der Waals surface area contributed by atoms with Crippen molar-refractivity contribution in [3.63, 3.8) is 0 Å². The molecule has 20 heavy (non-hydrogen) atoms. The summed E-state index contributed by atoms with van der Waals surface area (Å²) in [7, 11) is -3.09. The first-order valence-corrected chi connectivity index (χ1v) is 8.08. The van der Waals surface area contributed by atoms with Crippen LogP contribution < -0.4 is 0 Å². The van der Waals surface area contributed by atoms with Crippen molar-refractivity contribution in [3.05, 3.63) is 35.6 Å². The number of hydrogen-bond acceptors (Lipinski definition) is 4. The first-order chi connectivity index (χ1) is 9.35. The number of rotatable bonds is 5. The van der Waals surface area contributed by atoms with Crippen LogP contribution in [-0.2, 0) is 21.2 Å². The van der Waals surface area contributed by atoms with Gasteiger partial charge in [0, 0.05) is 12.6 Å². The molecule has 1 aliphatic rings. The summed E-state index contributed by atoms with van der Waals surface area (Å²) in [6.45, 7) is -0.0268. The van der Waals surface area contributed by atoms with E-state index in [2.05, 4.69) is 0 Å². The van der Waals surface area contributed by atoms with Gasteiger partial charge in [0.05, 0.1) is 18.1 Å². The number of halogens is 1. The van der Waals surface area contributed by atoms with Crippen molar-refractivity contribution in [1.82, 2.24) is 4.90 Å². The lowest BCUT2D eigenvalue weighted by atomic mass is 10.1. The second-order valence-electron chi connectivity index (χ2n) is 4.99. The lowest BCUT2D eigenvalue weighted by molar-refractivity contribution is -0.139. The van der Waals surface area contributed by atoms with E-state index >= 15 is 0 Å². The first-order valence-electron chi connectivity index (χ1n) is 6.26. The molecule has 1 aromatic rings. The second kappa shape index (κ2) is 5.88. The van der Waals surface area contributed by atoms with E-state index in [0.717, 1.165) is 0 Å². The summed E-state index contributed by atoms with van der Waals surface area (Å²) in [5.41, 5.74) is 0.635. The molecule has 2 rings (SSSR count). The van der Waals surface area contributed by atoms with Gasteiger partial charge < -0.3 is 5.11 Å². The summed E-state index contributed by atoms with van der Waals surface area (Å²) in [4.78, 5) is 12.5. The van der Waals surface area contributed by atoms with Gasteiger partial charge in [-0.1, -0.05) is 12.1 Å². The zero-order valence-electron chi connectivity index (χ0n) is 10.8. The molecule has 1 N–H and O–H groups in total. The largest absolute Gasteiger partial charge is 0.480 e. The highest BCUT2D eigenvalue weighted by Gasteiger charge is 2.33. The number of carboxylic acids is 1. The molecule has 1 aromatic carbocycles. The van der Waals surface area contributed by atoms with Crippen molar-refractivity contribution in [2.24, 2.45) is 0 Å². The van der Waals surface area contributed by atoms with Crippen molar-refractivity contribution >= 4 is 15.8 Å². The van der Waals surface area contributed by atoms with Crippen LogP contribution in [0.4, 0.5) is 4.39 Å². The number of hydrogen-bond donors (Lipinski definition) is 1. The number of carbonyl (C=O) groups is 1. The third-order valence-corrected chi connectivity index (χ3v) is 5.09. The highest BCUT2D eigenvalue weighted by atomic mass is 32.2. The molecule has 1 heterocycles. The quantitative estimate of drug-likeness (QED) is 0.874. The standard InChI is InChI=1S/C13H16FNO4S/c14-11-3-1-2-10(6-11)7-15(8-13(16)17)12-4-5-20(18,19)9-12/h1-3,6,12H,4-5,7-9H2,(H,16,17). The lowest BCUT2D eigenvalue weighted by Crippen LogP contribution is -2.39. The Morgan fingerprint density at radius 2 is 2.20 bits per heavy atom. The summed E-state index contributed by atoms with van der Waals surface area (Å²) in [5, 5.41) is 8.94. The lowest BCUT2D eigenvalue weighted by Gasteiger charge is -2.26. The fourth-order valence-electron chi connectivity index (χ4n) is 2.42. The highest BCUT2D eigenvalue weighted by Crippen LogP contribution is 2.20. The molecular formula is C13H16FNO4S. The average molecular weight is 301 g/mol. The number of benzene rings is 1. The Labute approximate surface area is 116 Å². The maximum atomic E-state index is 13.1. The number of nitrogens with zero attached hydrogens (tertiary/aromatic N) is 1. The maximum Gasteiger partial charge on any atom is 0.317 e. The molecule has 5 nitrogen and oxygen atoms in total. The van der Waals surface area contributed by atoms with Crippen LogP contribution in [0, 0.1) is 5.82 Å². The Morgan fingerprint density at radius 1 is 1.45 bits per heavy atom. The highest BCUT2D eigenvalue weighted by molar-refractivity contribution is 7.91. The molecule has 1 atom stereocenters. The third kappa shape index (κ3) is 4.01. The normalized spacial score (nSPS) is 21.2. The van der Waals surface area contributed by atoms with Gasteiger partial charge in [0.2, 0.25) is 0 Å². The van der Waals surface area contributed by atoms with E-state index in [1.165, 1.54) is 12.1 Å². The molecule has 0 amide bonds. The number of sulfone groups is 1. The van der Waals surface area contributed by atoms with Gasteiger partial charge in [-0.25, -0.2) is 12.8 Å². The van der Waals surface area contributed by atoms with E-state index in [9.17, 15) is 17.6 Å². The molecule has 1 aliphatic heterocycles. The second-order valence-corrected chi connectivity index (χ2v) is 7.21. The fraction of sp³-hybridized carbons (Fsp3) is 0.462. The van der Waals surface area contributed by atoms with Crippen LogP contribution >= 0.6 is 0 Å². The maximum absolute atomic E-state index is 13.1. The summed E-state index contributed by atoms with van der Waals surface area (Å²) in [6, 6.07) is 5.57. The van der Waals surface area contributed by atoms with Gasteiger partial charge in [-0.05, 0) is 24.1 Å². The van der Waals surface area contributed by atoms with Crippen molar-refractivity contribution in [2.75, 3.05) is 18.1 Å². The smallest absolute Gasteiger partial charge is 0.317 e. The molecule has 0 radical (unpaired) electrons. The monoisotopic (exact) mass is 301 g/mol. The van der Waals surface area contributed by atoms with Crippen LogP contribution in [0.25, 0.3) is 0 Å². The minimum absolute atomic E-state index is 0.0321. The molecule has 0 aliphatic carbocycles.